The molecule has 0 unspecified atom stereocenters. The number of carbonyl (C=O) groups excluding carboxylic acids is 2. The van der Waals surface area contributed by atoms with Crippen LogP contribution in [-0.2, 0) is 9.47 Å². The smallest absolute Gasteiger partial charge is 0.356 e. The molecule has 0 bridgehead atoms. The molecule has 6 heteroatoms. The predicted molar refractivity (Wildman–Crippen MR) is 73.6 cm³/mol. The highest BCUT2D eigenvalue weighted by Gasteiger charge is 2.12. The minimum Gasteiger partial charge on any atom is -0.461 e. The van der Waals surface area contributed by atoms with E-state index in [2.05, 4.69) is 10.3 Å². The zero-order valence-corrected chi connectivity index (χ0v) is 11.8. The lowest BCUT2D eigenvalue weighted by molar-refractivity contribution is 0.0519. The van der Waals surface area contributed by atoms with Gasteiger partial charge in [0, 0.05) is 19.8 Å². The average molecular weight is 280 g/mol. The van der Waals surface area contributed by atoms with Crippen LogP contribution in [0.15, 0.2) is 18.2 Å². The molecule has 0 aliphatic rings. The summed E-state index contributed by atoms with van der Waals surface area (Å²) >= 11 is 0. The number of hydrogen-bond acceptors (Lipinski definition) is 5. The van der Waals surface area contributed by atoms with E-state index in [1.165, 1.54) is 6.07 Å². The maximum absolute atomic E-state index is 11.8. The Bertz CT molecular complexity index is 449. The van der Waals surface area contributed by atoms with Crippen LogP contribution in [0.25, 0.3) is 0 Å². The van der Waals surface area contributed by atoms with Crippen molar-refractivity contribution in [1.82, 2.24) is 10.3 Å². The molecule has 110 valence electrons. The van der Waals surface area contributed by atoms with Crippen LogP contribution >= 0.6 is 0 Å². The third-order valence-corrected chi connectivity index (χ3v) is 2.42. The molecule has 0 radical (unpaired) electrons. The van der Waals surface area contributed by atoms with Crippen molar-refractivity contribution in [2.24, 2.45) is 0 Å². The van der Waals surface area contributed by atoms with Crippen molar-refractivity contribution in [2.75, 3.05) is 26.4 Å². The van der Waals surface area contributed by atoms with Gasteiger partial charge in [-0.2, -0.15) is 0 Å². The molecule has 0 atom stereocenters. The topological polar surface area (TPSA) is 77.5 Å². The molecule has 0 spiro atoms. The molecule has 0 fully saturated rings. The molecule has 1 N–H and O–H groups in total. The lowest BCUT2D eigenvalue weighted by Gasteiger charge is -2.06. The van der Waals surface area contributed by atoms with Crippen LogP contribution in [0.5, 0.6) is 0 Å². The van der Waals surface area contributed by atoms with Crippen molar-refractivity contribution in [3.63, 3.8) is 0 Å². The molecule has 0 aromatic carbocycles. The monoisotopic (exact) mass is 280 g/mol. The summed E-state index contributed by atoms with van der Waals surface area (Å²) in [7, 11) is 0. The van der Waals surface area contributed by atoms with Gasteiger partial charge in [-0.1, -0.05) is 6.07 Å². The van der Waals surface area contributed by atoms with Crippen LogP contribution in [0, 0.1) is 0 Å². The quantitative estimate of drug-likeness (QED) is 0.575. The van der Waals surface area contributed by atoms with Crippen molar-refractivity contribution in [3.8, 4) is 0 Å². The first kappa shape index (κ1) is 16.1. The summed E-state index contributed by atoms with van der Waals surface area (Å²) in [6.07, 6.45) is 0.733. The van der Waals surface area contributed by atoms with Gasteiger partial charge in [-0.15, -0.1) is 0 Å². The second-order valence-electron chi connectivity index (χ2n) is 3.93. The highest BCUT2D eigenvalue weighted by atomic mass is 16.5. The summed E-state index contributed by atoms with van der Waals surface area (Å²) in [5.41, 5.74) is 0.334. The van der Waals surface area contributed by atoms with E-state index in [-0.39, 0.29) is 23.9 Å². The molecule has 0 saturated carbocycles. The molecule has 1 aromatic heterocycles. The van der Waals surface area contributed by atoms with E-state index >= 15 is 0 Å². The van der Waals surface area contributed by atoms with E-state index in [4.69, 9.17) is 9.47 Å². The third-order valence-electron chi connectivity index (χ3n) is 2.42. The highest BCUT2D eigenvalue weighted by Crippen LogP contribution is 2.02. The van der Waals surface area contributed by atoms with Gasteiger partial charge in [0.2, 0.25) is 0 Å². The minimum atomic E-state index is -0.529. The first-order valence-electron chi connectivity index (χ1n) is 6.69. The molecular formula is C14H20N2O4. The Hall–Kier alpha value is -1.95. The zero-order chi connectivity index (χ0) is 14.8. The molecular weight excluding hydrogens is 260 g/mol. The summed E-state index contributed by atoms with van der Waals surface area (Å²) in [6.45, 7) is 5.68. The Morgan fingerprint density at radius 1 is 1.20 bits per heavy atom. The first-order chi connectivity index (χ1) is 9.69. The maximum atomic E-state index is 11.8. The van der Waals surface area contributed by atoms with Crippen molar-refractivity contribution >= 4 is 11.9 Å². The maximum Gasteiger partial charge on any atom is 0.356 e. The lowest BCUT2D eigenvalue weighted by Crippen LogP contribution is -2.26. The van der Waals surface area contributed by atoms with E-state index in [9.17, 15) is 9.59 Å². The Labute approximate surface area is 118 Å². The van der Waals surface area contributed by atoms with Gasteiger partial charge in [0.1, 0.15) is 11.4 Å². The molecule has 1 heterocycles. The zero-order valence-electron chi connectivity index (χ0n) is 11.8. The summed E-state index contributed by atoms with van der Waals surface area (Å²) < 4.78 is 10.0. The molecule has 1 amide bonds. The predicted octanol–water partition coefficient (Wildman–Crippen LogP) is 1.41. The number of nitrogens with zero attached hydrogens (tertiary/aromatic N) is 1. The van der Waals surface area contributed by atoms with Crippen molar-refractivity contribution in [1.29, 1.82) is 0 Å². The molecule has 1 aromatic rings. The molecule has 6 nitrogen and oxygen atoms in total. The van der Waals surface area contributed by atoms with Crippen LogP contribution < -0.4 is 5.32 Å². The van der Waals surface area contributed by atoms with Gasteiger partial charge in [0.25, 0.3) is 5.91 Å². The number of nitrogens with one attached hydrogen (secondary N) is 1. The largest absolute Gasteiger partial charge is 0.461 e. The number of rotatable bonds is 8. The van der Waals surface area contributed by atoms with E-state index in [0.717, 1.165) is 6.42 Å². The number of hydrogen-bond donors (Lipinski definition) is 1. The van der Waals surface area contributed by atoms with Gasteiger partial charge < -0.3 is 14.8 Å². The van der Waals surface area contributed by atoms with Gasteiger partial charge in [0.15, 0.2) is 0 Å². The molecule has 20 heavy (non-hydrogen) atoms. The SMILES string of the molecule is CCOCCCNC(=O)c1cccc(C(=O)OCC)n1. The van der Waals surface area contributed by atoms with Gasteiger partial charge in [-0.3, -0.25) is 4.79 Å². The Balaban J connectivity index is 2.51. The Kier molecular flexibility index (Phi) is 7.27. The van der Waals surface area contributed by atoms with Crippen molar-refractivity contribution in [2.45, 2.75) is 20.3 Å². The number of ether oxygens (including phenoxy) is 2. The third kappa shape index (κ3) is 5.36. The number of aromatic nitrogens is 1. The Morgan fingerprint density at radius 3 is 2.65 bits per heavy atom. The van der Waals surface area contributed by atoms with Crippen LogP contribution in [-0.4, -0.2) is 43.2 Å². The first-order valence-corrected chi connectivity index (χ1v) is 6.69. The fourth-order valence-corrected chi connectivity index (χ4v) is 1.49. The lowest BCUT2D eigenvalue weighted by atomic mass is 10.3. The number of esters is 1. The second kappa shape index (κ2) is 9.03. The van der Waals surface area contributed by atoms with Crippen LogP contribution in [0.3, 0.4) is 0 Å². The normalized spacial score (nSPS) is 10.1. The number of amides is 1. The Morgan fingerprint density at radius 2 is 1.95 bits per heavy atom. The number of pyridine rings is 1. The van der Waals surface area contributed by atoms with Crippen LogP contribution in [0.1, 0.15) is 41.2 Å². The summed E-state index contributed by atoms with van der Waals surface area (Å²) in [5.74, 6) is -0.842. The van der Waals surface area contributed by atoms with Gasteiger partial charge in [0.05, 0.1) is 6.61 Å². The molecule has 0 saturated heterocycles. The summed E-state index contributed by atoms with van der Waals surface area (Å²) in [5, 5.41) is 2.72. The summed E-state index contributed by atoms with van der Waals surface area (Å²) in [6, 6.07) is 4.68. The van der Waals surface area contributed by atoms with E-state index in [0.29, 0.717) is 19.8 Å². The summed E-state index contributed by atoms with van der Waals surface area (Å²) in [4.78, 5) is 27.4. The highest BCUT2D eigenvalue weighted by molar-refractivity contribution is 5.94. The van der Waals surface area contributed by atoms with E-state index in [1.54, 1.807) is 19.1 Å². The van der Waals surface area contributed by atoms with Crippen molar-refractivity contribution < 1.29 is 19.1 Å². The molecule has 0 aliphatic heterocycles. The average Bonchev–Trinajstić information content (AvgIpc) is 2.47. The molecule has 0 aliphatic carbocycles. The molecule has 1 rings (SSSR count). The van der Waals surface area contributed by atoms with Gasteiger partial charge in [-0.05, 0) is 32.4 Å². The van der Waals surface area contributed by atoms with E-state index < -0.39 is 5.97 Å². The van der Waals surface area contributed by atoms with Gasteiger partial charge in [-0.25, -0.2) is 9.78 Å². The standard InChI is InChI=1S/C14H20N2O4/c1-3-19-10-6-9-15-13(17)11-7-5-8-12(16-11)14(18)20-4-2/h5,7-8H,3-4,6,9-10H2,1-2H3,(H,15,17). The van der Waals surface area contributed by atoms with E-state index in [1.807, 2.05) is 6.92 Å². The number of carbonyl (C=O) groups is 2. The second-order valence-corrected chi connectivity index (χ2v) is 3.93. The van der Waals surface area contributed by atoms with Crippen LogP contribution in [0.2, 0.25) is 0 Å². The van der Waals surface area contributed by atoms with Crippen molar-refractivity contribution in [3.05, 3.63) is 29.6 Å². The minimum absolute atomic E-state index is 0.133. The van der Waals surface area contributed by atoms with Gasteiger partial charge >= 0.3 is 5.97 Å². The van der Waals surface area contributed by atoms with Crippen LogP contribution in [0.4, 0.5) is 0 Å². The fraction of sp³-hybridized carbons (Fsp3) is 0.500. The fourth-order valence-electron chi connectivity index (χ4n) is 1.49.